The van der Waals surface area contributed by atoms with Crippen LogP contribution in [0.1, 0.15) is 23.7 Å². The summed E-state index contributed by atoms with van der Waals surface area (Å²) in [5.41, 5.74) is 6.71. The highest BCUT2D eigenvalue weighted by molar-refractivity contribution is 7.99. The van der Waals surface area contributed by atoms with Crippen molar-refractivity contribution in [2.75, 3.05) is 12.4 Å². The molecule has 1 unspecified atom stereocenters. The summed E-state index contributed by atoms with van der Waals surface area (Å²) < 4.78 is 0. The van der Waals surface area contributed by atoms with E-state index in [1.807, 2.05) is 30.3 Å². The third-order valence-corrected chi connectivity index (χ3v) is 3.68. The minimum atomic E-state index is 0.165. The molecule has 1 rings (SSSR count). The molecule has 0 fully saturated rings. The fourth-order valence-corrected chi connectivity index (χ4v) is 2.68. The van der Waals surface area contributed by atoms with Crippen LogP contribution in [0.4, 0.5) is 0 Å². The van der Waals surface area contributed by atoms with Gasteiger partial charge in [-0.25, -0.2) is 0 Å². The van der Waals surface area contributed by atoms with E-state index in [1.54, 1.807) is 11.8 Å². The average molecular weight is 254 g/mol. The summed E-state index contributed by atoms with van der Waals surface area (Å²) in [4.78, 5) is 0. The number of rotatable bonds is 7. The molecule has 0 saturated heterocycles. The Bertz CT molecular complexity index is 344. The molecule has 0 spiro atoms. The molecule has 4 N–H and O–H groups in total. The number of aliphatic hydroxyl groups excluding tert-OH is 1. The molecule has 94 valence electrons. The standard InChI is InChI=1S/C12H18N2O2S/c13-12(14-16)9-11(17-8-4-7-15)10-5-2-1-3-6-10/h1-3,5-6,11,15-16H,4,7-9H2,(H2,13,14). The normalized spacial score (nSPS) is 13.6. The van der Waals surface area contributed by atoms with Crippen molar-refractivity contribution in [3.8, 4) is 0 Å². The Morgan fingerprint density at radius 2 is 2.06 bits per heavy atom. The molecule has 0 aliphatic rings. The van der Waals surface area contributed by atoms with E-state index in [1.165, 1.54) is 0 Å². The summed E-state index contributed by atoms with van der Waals surface area (Å²) in [6.07, 6.45) is 1.26. The van der Waals surface area contributed by atoms with Gasteiger partial charge in [-0.3, -0.25) is 0 Å². The van der Waals surface area contributed by atoms with Gasteiger partial charge in [-0.1, -0.05) is 35.5 Å². The second kappa shape index (κ2) is 7.97. The van der Waals surface area contributed by atoms with Gasteiger partial charge in [0.15, 0.2) is 0 Å². The van der Waals surface area contributed by atoms with Crippen molar-refractivity contribution in [1.29, 1.82) is 0 Å². The predicted octanol–water partition coefficient (Wildman–Crippen LogP) is 1.98. The van der Waals surface area contributed by atoms with Crippen molar-refractivity contribution in [2.45, 2.75) is 18.1 Å². The second-order valence-corrected chi connectivity index (χ2v) is 4.95. The van der Waals surface area contributed by atoms with E-state index in [0.717, 1.165) is 17.7 Å². The van der Waals surface area contributed by atoms with Crippen LogP contribution in [-0.2, 0) is 0 Å². The van der Waals surface area contributed by atoms with Crippen molar-refractivity contribution in [2.24, 2.45) is 10.9 Å². The summed E-state index contributed by atoms with van der Waals surface area (Å²) in [5.74, 6) is 1.09. The molecule has 1 aromatic carbocycles. The summed E-state index contributed by atoms with van der Waals surface area (Å²) in [5, 5.41) is 20.6. The number of nitrogens with two attached hydrogens (primary N) is 1. The Kier molecular flexibility index (Phi) is 6.50. The van der Waals surface area contributed by atoms with E-state index >= 15 is 0 Å². The minimum absolute atomic E-state index is 0.165. The van der Waals surface area contributed by atoms with Crippen LogP contribution < -0.4 is 5.73 Å². The highest BCUT2D eigenvalue weighted by Gasteiger charge is 2.13. The van der Waals surface area contributed by atoms with Crippen LogP contribution in [0, 0.1) is 0 Å². The quantitative estimate of drug-likeness (QED) is 0.228. The maximum atomic E-state index is 8.78. The number of thioether (sulfide) groups is 1. The van der Waals surface area contributed by atoms with Gasteiger partial charge in [0.25, 0.3) is 0 Å². The number of hydrogen-bond acceptors (Lipinski definition) is 4. The van der Waals surface area contributed by atoms with Gasteiger partial charge < -0.3 is 16.0 Å². The molecule has 1 aromatic rings. The van der Waals surface area contributed by atoms with Gasteiger partial charge >= 0.3 is 0 Å². The van der Waals surface area contributed by atoms with Crippen molar-refractivity contribution in [3.05, 3.63) is 35.9 Å². The topological polar surface area (TPSA) is 78.8 Å². The monoisotopic (exact) mass is 254 g/mol. The van der Waals surface area contributed by atoms with E-state index in [-0.39, 0.29) is 17.7 Å². The molecule has 0 heterocycles. The third kappa shape index (κ3) is 5.10. The van der Waals surface area contributed by atoms with Gasteiger partial charge in [-0.2, -0.15) is 11.8 Å². The molecular formula is C12H18N2O2S. The SMILES string of the molecule is NC(CC(SCCCO)c1ccccc1)=NO. The Morgan fingerprint density at radius 3 is 2.65 bits per heavy atom. The van der Waals surface area contributed by atoms with Crippen LogP contribution in [0.2, 0.25) is 0 Å². The molecule has 4 nitrogen and oxygen atoms in total. The average Bonchev–Trinajstić information content (AvgIpc) is 2.38. The highest BCUT2D eigenvalue weighted by Crippen LogP contribution is 2.32. The van der Waals surface area contributed by atoms with Crippen LogP contribution in [0.5, 0.6) is 0 Å². The first-order chi connectivity index (χ1) is 8.27. The molecule has 5 heteroatoms. The van der Waals surface area contributed by atoms with Crippen LogP contribution in [-0.4, -0.2) is 28.5 Å². The Labute approximate surface area is 106 Å². The van der Waals surface area contributed by atoms with Crippen LogP contribution in [0.3, 0.4) is 0 Å². The first kappa shape index (κ1) is 13.9. The van der Waals surface area contributed by atoms with Crippen LogP contribution >= 0.6 is 11.8 Å². The summed E-state index contributed by atoms with van der Waals surface area (Å²) in [6, 6.07) is 9.97. The van der Waals surface area contributed by atoms with E-state index in [9.17, 15) is 0 Å². The predicted molar refractivity (Wildman–Crippen MR) is 71.4 cm³/mol. The molecule has 0 saturated carbocycles. The number of nitrogens with zero attached hydrogens (tertiary/aromatic N) is 1. The zero-order chi connectivity index (χ0) is 12.5. The van der Waals surface area contributed by atoms with E-state index in [2.05, 4.69) is 5.16 Å². The molecular weight excluding hydrogens is 236 g/mol. The van der Waals surface area contributed by atoms with E-state index in [0.29, 0.717) is 6.42 Å². The molecule has 0 aromatic heterocycles. The van der Waals surface area contributed by atoms with Gasteiger partial charge in [0.05, 0.1) is 0 Å². The first-order valence-electron chi connectivity index (χ1n) is 5.51. The second-order valence-electron chi connectivity index (χ2n) is 3.64. The third-order valence-electron chi connectivity index (χ3n) is 2.32. The maximum absolute atomic E-state index is 8.78. The molecule has 0 aliphatic heterocycles. The smallest absolute Gasteiger partial charge is 0.140 e. The van der Waals surface area contributed by atoms with Crippen molar-refractivity contribution in [3.63, 3.8) is 0 Å². The maximum Gasteiger partial charge on any atom is 0.140 e. The zero-order valence-electron chi connectivity index (χ0n) is 9.62. The Morgan fingerprint density at radius 1 is 1.35 bits per heavy atom. The van der Waals surface area contributed by atoms with Gasteiger partial charge in [0, 0.05) is 18.3 Å². The molecule has 17 heavy (non-hydrogen) atoms. The van der Waals surface area contributed by atoms with E-state index in [4.69, 9.17) is 16.0 Å². The molecule has 1 atom stereocenters. The lowest BCUT2D eigenvalue weighted by molar-refractivity contribution is 0.296. The van der Waals surface area contributed by atoms with Gasteiger partial charge in [0.1, 0.15) is 5.84 Å². The summed E-state index contributed by atoms with van der Waals surface area (Å²) >= 11 is 1.71. The molecule has 0 amide bonds. The van der Waals surface area contributed by atoms with Gasteiger partial charge in [0.2, 0.25) is 0 Å². The van der Waals surface area contributed by atoms with E-state index < -0.39 is 0 Å². The lowest BCUT2D eigenvalue weighted by atomic mass is 10.1. The fourth-order valence-electron chi connectivity index (χ4n) is 1.46. The van der Waals surface area contributed by atoms with Gasteiger partial charge in [-0.05, 0) is 17.7 Å². The Hall–Kier alpha value is -1.20. The summed E-state index contributed by atoms with van der Waals surface area (Å²) in [6.45, 7) is 0.193. The number of oxime groups is 1. The number of benzene rings is 1. The summed E-state index contributed by atoms with van der Waals surface area (Å²) in [7, 11) is 0. The Balaban J connectivity index is 2.65. The highest BCUT2D eigenvalue weighted by atomic mass is 32.2. The van der Waals surface area contributed by atoms with Crippen molar-refractivity contribution >= 4 is 17.6 Å². The van der Waals surface area contributed by atoms with Crippen LogP contribution in [0.15, 0.2) is 35.5 Å². The van der Waals surface area contributed by atoms with Crippen molar-refractivity contribution < 1.29 is 10.3 Å². The number of amidine groups is 1. The number of hydrogen-bond donors (Lipinski definition) is 3. The lowest BCUT2D eigenvalue weighted by Gasteiger charge is -2.16. The number of aliphatic hydroxyl groups is 1. The van der Waals surface area contributed by atoms with Crippen molar-refractivity contribution in [1.82, 2.24) is 0 Å². The van der Waals surface area contributed by atoms with Crippen LogP contribution in [0.25, 0.3) is 0 Å². The minimum Gasteiger partial charge on any atom is -0.409 e. The molecule has 0 aliphatic carbocycles. The first-order valence-corrected chi connectivity index (χ1v) is 6.56. The lowest BCUT2D eigenvalue weighted by Crippen LogP contribution is -2.15. The molecule has 0 radical (unpaired) electrons. The fraction of sp³-hybridized carbons (Fsp3) is 0.417. The molecule has 0 bridgehead atoms. The largest absolute Gasteiger partial charge is 0.409 e. The van der Waals surface area contributed by atoms with Gasteiger partial charge in [-0.15, -0.1) is 0 Å². The zero-order valence-corrected chi connectivity index (χ0v) is 10.4.